The highest BCUT2D eigenvalue weighted by atomic mass is 79.9. The van der Waals surface area contributed by atoms with E-state index in [1.807, 2.05) is 37.1 Å². The minimum Gasteiger partial charge on any atom is -0.316 e. The zero-order valence-electron chi connectivity index (χ0n) is 12.1. The van der Waals surface area contributed by atoms with Gasteiger partial charge in [0.2, 0.25) is 0 Å². The molecule has 0 heterocycles. The number of fused-ring (bicyclic) bond motifs is 1. The average Bonchev–Trinajstić information content (AvgIpc) is 2.96. The predicted molar refractivity (Wildman–Crippen MR) is 88.4 cm³/mol. The number of carbonyl (C=O) groups is 1. The summed E-state index contributed by atoms with van der Waals surface area (Å²) in [6, 6.07) is 16.5. The highest BCUT2D eigenvalue weighted by molar-refractivity contribution is 9.10. The fourth-order valence-electron chi connectivity index (χ4n) is 2.24. The maximum Gasteiger partial charge on any atom is 0.106 e. The van der Waals surface area contributed by atoms with Crippen LogP contribution in [0.1, 0.15) is 29.2 Å². The number of nitrogens with one attached hydrogen (secondary N) is 1. The zero-order valence-corrected chi connectivity index (χ0v) is 13.6. The molecule has 0 aliphatic heterocycles. The van der Waals surface area contributed by atoms with Gasteiger partial charge in [0.1, 0.15) is 6.79 Å². The van der Waals surface area contributed by atoms with Crippen LogP contribution in [0, 0.1) is 6.92 Å². The van der Waals surface area contributed by atoms with Gasteiger partial charge < -0.3 is 10.0 Å². The number of benzene rings is 2. The second-order valence-electron chi connectivity index (χ2n) is 4.67. The monoisotopic (exact) mass is 349 g/mol. The lowest BCUT2D eigenvalue weighted by Gasteiger charge is -2.06. The van der Waals surface area contributed by atoms with Crippen molar-refractivity contribution in [1.29, 1.82) is 0 Å². The van der Waals surface area contributed by atoms with Gasteiger partial charge in [-0.25, -0.2) is 0 Å². The molecule has 3 nitrogen and oxygen atoms in total. The van der Waals surface area contributed by atoms with Gasteiger partial charge in [0.25, 0.3) is 0 Å². The second-order valence-corrected chi connectivity index (χ2v) is 5.52. The largest absolute Gasteiger partial charge is 0.316 e. The molecule has 21 heavy (non-hydrogen) atoms. The van der Waals surface area contributed by atoms with Gasteiger partial charge in [0.15, 0.2) is 0 Å². The van der Waals surface area contributed by atoms with E-state index in [2.05, 4.69) is 46.5 Å². The summed E-state index contributed by atoms with van der Waals surface area (Å²) >= 11 is 3.40. The lowest BCUT2D eigenvalue weighted by molar-refractivity contribution is -0.0979. The van der Waals surface area contributed by atoms with Gasteiger partial charge in [-0.2, -0.15) is 5.48 Å². The van der Waals surface area contributed by atoms with Gasteiger partial charge in [-0.15, -0.1) is 0 Å². The van der Waals surface area contributed by atoms with Crippen LogP contribution in [0.3, 0.4) is 0 Å². The Bertz CT molecular complexity index is 539. The molecule has 0 saturated heterocycles. The van der Waals surface area contributed by atoms with Crippen molar-refractivity contribution < 1.29 is 10.0 Å². The van der Waals surface area contributed by atoms with Crippen LogP contribution < -0.4 is 5.48 Å². The second kappa shape index (κ2) is 9.45. The third-order valence-electron chi connectivity index (χ3n) is 3.37. The molecular weight excluding hydrogens is 330 g/mol. The van der Waals surface area contributed by atoms with E-state index in [1.165, 1.54) is 21.2 Å². The summed E-state index contributed by atoms with van der Waals surface area (Å²) in [7, 11) is 0. The van der Waals surface area contributed by atoms with Crippen molar-refractivity contribution in [2.24, 2.45) is 0 Å². The first-order valence-corrected chi connectivity index (χ1v) is 7.49. The highest BCUT2D eigenvalue weighted by Crippen LogP contribution is 2.29. The van der Waals surface area contributed by atoms with Crippen LogP contribution >= 0.6 is 15.9 Å². The predicted octanol–water partition coefficient (Wildman–Crippen LogP) is 4.23. The quantitative estimate of drug-likeness (QED) is 0.757. The fraction of sp³-hybridized carbons (Fsp3) is 0.235. The van der Waals surface area contributed by atoms with E-state index in [-0.39, 0.29) is 6.04 Å². The van der Waals surface area contributed by atoms with Gasteiger partial charge in [-0.1, -0.05) is 58.4 Å². The Morgan fingerprint density at radius 1 is 1.14 bits per heavy atom. The smallest absolute Gasteiger partial charge is 0.106 e. The molecule has 2 N–H and O–H groups in total. The SMILES string of the molecule is C=O.Cc1ccccc1Br.ONC1CCc2ccccc21. The molecule has 3 rings (SSSR count). The maximum absolute atomic E-state index is 8.76. The van der Waals surface area contributed by atoms with Crippen LogP contribution in [0.5, 0.6) is 0 Å². The van der Waals surface area contributed by atoms with Gasteiger partial charge in [-0.05, 0) is 42.5 Å². The molecule has 0 fully saturated rings. The van der Waals surface area contributed by atoms with Crippen LogP contribution in [0.15, 0.2) is 53.0 Å². The summed E-state index contributed by atoms with van der Waals surface area (Å²) in [5, 5.41) is 8.76. The Labute approximate surface area is 134 Å². The first-order chi connectivity index (χ1) is 10.2. The summed E-state index contributed by atoms with van der Waals surface area (Å²) < 4.78 is 1.18. The van der Waals surface area contributed by atoms with Crippen LogP contribution in [0.25, 0.3) is 0 Å². The Kier molecular flexibility index (Phi) is 7.90. The van der Waals surface area contributed by atoms with Crippen molar-refractivity contribution in [3.05, 3.63) is 69.7 Å². The Morgan fingerprint density at radius 2 is 1.76 bits per heavy atom. The molecule has 0 spiro atoms. The first-order valence-electron chi connectivity index (χ1n) is 6.70. The molecule has 4 heteroatoms. The molecule has 0 aromatic heterocycles. The minimum atomic E-state index is 0.159. The van der Waals surface area contributed by atoms with Crippen molar-refractivity contribution in [1.82, 2.24) is 5.48 Å². The lowest BCUT2D eigenvalue weighted by atomic mass is 10.1. The maximum atomic E-state index is 8.76. The number of carbonyl (C=O) groups excluding carboxylic acids is 1. The van der Waals surface area contributed by atoms with Crippen molar-refractivity contribution in [3.63, 3.8) is 0 Å². The Balaban J connectivity index is 0.000000196. The lowest BCUT2D eigenvalue weighted by Crippen LogP contribution is -2.13. The van der Waals surface area contributed by atoms with Gasteiger partial charge in [0, 0.05) is 4.47 Å². The summed E-state index contributed by atoms with van der Waals surface area (Å²) in [5.41, 5.74) is 6.21. The van der Waals surface area contributed by atoms with Gasteiger partial charge in [-0.3, -0.25) is 0 Å². The number of aryl methyl sites for hydroxylation is 2. The van der Waals surface area contributed by atoms with Crippen molar-refractivity contribution in [3.8, 4) is 0 Å². The summed E-state index contributed by atoms with van der Waals surface area (Å²) in [4.78, 5) is 8.00. The summed E-state index contributed by atoms with van der Waals surface area (Å²) in [6.07, 6.45) is 2.09. The number of halogens is 1. The molecule has 0 amide bonds. The number of hydrogen-bond acceptors (Lipinski definition) is 3. The molecule has 1 aliphatic rings. The van der Waals surface area contributed by atoms with Gasteiger partial charge >= 0.3 is 0 Å². The van der Waals surface area contributed by atoms with E-state index in [4.69, 9.17) is 10.0 Å². The van der Waals surface area contributed by atoms with E-state index in [0.717, 1.165) is 12.8 Å². The third kappa shape index (κ3) is 5.08. The Hall–Kier alpha value is -1.49. The molecule has 0 saturated carbocycles. The van der Waals surface area contributed by atoms with E-state index in [0.29, 0.717) is 0 Å². The van der Waals surface area contributed by atoms with E-state index in [1.54, 1.807) is 0 Å². The standard InChI is InChI=1S/C9H11NO.C7H7Br.CH2O/c11-10-9-6-5-7-3-1-2-4-8(7)9;1-6-4-2-3-5-7(6)8;1-2/h1-4,9-11H,5-6H2;2-5H,1H3;1H2. The third-order valence-corrected chi connectivity index (χ3v) is 4.26. The molecule has 0 bridgehead atoms. The molecule has 0 radical (unpaired) electrons. The van der Waals surface area contributed by atoms with Crippen molar-refractivity contribution >= 4 is 22.7 Å². The fourth-order valence-corrected chi connectivity index (χ4v) is 2.53. The molecule has 2 aromatic rings. The normalized spacial score (nSPS) is 15.1. The average molecular weight is 350 g/mol. The summed E-state index contributed by atoms with van der Waals surface area (Å²) in [5.74, 6) is 0. The van der Waals surface area contributed by atoms with Crippen LogP contribution in [-0.2, 0) is 11.2 Å². The van der Waals surface area contributed by atoms with E-state index < -0.39 is 0 Å². The van der Waals surface area contributed by atoms with E-state index in [9.17, 15) is 0 Å². The van der Waals surface area contributed by atoms with Crippen LogP contribution in [-0.4, -0.2) is 12.0 Å². The molecule has 1 atom stereocenters. The number of rotatable bonds is 1. The van der Waals surface area contributed by atoms with E-state index >= 15 is 0 Å². The zero-order chi connectivity index (χ0) is 15.7. The van der Waals surface area contributed by atoms with Crippen LogP contribution in [0.2, 0.25) is 0 Å². The van der Waals surface area contributed by atoms with Crippen LogP contribution in [0.4, 0.5) is 0 Å². The molecule has 2 aromatic carbocycles. The van der Waals surface area contributed by atoms with Gasteiger partial charge in [0.05, 0.1) is 6.04 Å². The molecule has 1 unspecified atom stereocenters. The molecular formula is C17H20BrNO2. The molecule has 1 aliphatic carbocycles. The Morgan fingerprint density at radius 3 is 2.33 bits per heavy atom. The first kappa shape index (κ1) is 17.6. The minimum absolute atomic E-state index is 0.159. The molecule has 112 valence electrons. The highest BCUT2D eigenvalue weighted by Gasteiger charge is 2.20. The summed E-state index contributed by atoms with van der Waals surface area (Å²) in [6.45, 7) is 4.07. The number of hydrogen-bond donors (Lipinski definition) is 2. The van der Waals surface area contributed by atoms with Crippen molar-refractivity contribution in [2.45, 2.75) is 25.8 Å². The van der Waals surface area contributed by atoms with Crippen molar-refractivity contribution in [2.75, 3.05) is 0 Å². The topological polar surface area (TPSA) is 49.3 Å². The number of hydroxylamine groups is 1.